The number of sulfonamides is 1. The molecule has 0 aromatic heterocycles. The summed E-state index contributed by atoms with van der Waals surface area (Å²) in [6.07, 6.45) is -4.74. The maximum Gasteiger partial charge on any atom is 0.417 e. The highest BCUT2D eigenvalue weighted by molar-refractivity contribution is 7.89. The minimum Gasteiger partial charge on any atom is -0.339 e. The van der Waals surface area contributed by atoms with E-state index in [2.05, 4.69) is 9.89 Å². The van der Waals surface area contributed by atoms with Crippen molar-refractivity contribution < 1.29 is 21.6 Å². The molecule has 1 fully saturated rings. The molecule has 2 aliphatic heterocycles. The number of halogens is 3. The first-order chi connectivity index (χ1) is 12.2. The van der Waals surface area contributed by atoms with Crippen molar-refractivity contribution in [2.75, 3.05) is 45.8 Å². The van der Waals surface area contributed by atoms with Gasteiger partial charge in [0.15, 0.2) is 0 Å². The Hall–Kier alpha value is -1.81. The number of piperazine rings is 1. The maximum absolute atomic E-state index is 13.3. The normalized spacial score (nSPS) is 19.8. The van der Waals surface area contributed by atoms with E-state index in [1.165, 1.54) is 12.1 Å². The maximum atomic E-state index is 13.3. The molecule has 0 bridgehead atoms. The van der Waals surface area contributed by atoms with Crippen LogP contribution >= 0.6 is 0 Å². The van der Waals surface area contributed by atoms with Gasteiger partial charge in [-0.15, -0.1) is 0 Å². The predicted octanol–water partition coefficient (Wildman–Crippen LogP) is 1.70. The minimum absolute atomic E-state index is 0.0534. The zero-order chi connectivity index (χ0) is 18.9. The summed E-state index contributed by atoms with van der Waals surface area (Å²) >= 11 is 0. The highest BCUT2D eigenvalue weighted by atomic mass is 32.2. The van der Waals surface area contributed by atoms with Crippen molar-refractivity contribution in [3.8, 4) is 0 Å². The van der Waals surface area contributed by atoms with Crippen molar-refractivity contribution in [3.05, 3.63) is 29.8 Å². The van der Waals surface area contributed by atoms with Crippen LogP contribution in [0.5, 0.6) is 0 Å². The number of alkyl halides is 3. The fraction of sp³-hybridized carbons (Fsp3) is 0.562. The van der Waals surface area contributed by atoms with E-state index in [-0.39, 0.29) is 19.0 Å². The average molecular weight is 390 g/mol. The first-order valence-electron chi connectivity index (χ1n) is 8.46. The second kappa shape index (κ2) is 7.07. The van der Waals surface area contributed by atoms with Crippen LogP contribution in [-0.2, 0) is 16.2 Å². The predicted molar refractivity (Wildman–Crippen MR) is 91.3 cm³/mol. The molecule has 6 nitrogen and oxygen atoms in total. The third-order valence-corrected chi connectivity index (χ3v) is 6.48. The number of rotatable bonds is 3. The van der Waals surface area contributed by atoms with E-state index < -0.39 is 26.7 Å². The standard InChI is InChI=1S/C16H21F3N4O2S/c1-2-21-9-11-22(12-10-21)15-20-7-8-23(15)26(24,25)14-6-4-3-5-13(14)16(17,18)19/h3-6H,2,7-12H2,1H3. The molecule has 0 spiro atoms. The second-order valence-electron chi connectivity index (χ2n) is 6.17. The number of aliphatic imine (C=N–C) groups is 1. The van der Waals surface area contributed by atoms with Gasteiger partial charge in [-0.1, -0.05) is 19.1 Å². The molecule has 3 rings (SSSR count). The second-order valence-corrected chi connectivity index (χ2v) is 8.00. The van der Waals surface area contributed by atoms with E-state index in [9.17, 15) is 21.6 Å². The highest BCUT2D eigenvalue weighted by Crippen LogP contribution is 2.35. The average Bonchev–Trinajstić information content (AvgIpc) is 3.12. The lowest BCUT2D eigenvalue weighted by Crippen LogP contribution is -2.53. The van der Waals surface area contributed by atoms with Crippen LogP contribution in [0.15, 0.2) is 34.2 Å². The quantitative estimate of drug-likeness (QED) is 0.789. The van der Waals surface area contributed by atoms with Crippen LogP contribution in [0.1, 0.15) is 12.5 Å². The van der Waals surface area contributed by atoms with E-state index in [0.29, 0.717) is 13.1 Å². The SMILES string of the molecule is CCN1CCN(C2=NCCN2S(=O)(=O)c2ccccc2C(F)(F)F)CC1. The van der Waals surface area contributed by atoms with E-state index in [4.69, 9.17) is 0 Å². The lowest BCUT2D eigenvalue weighted by Gasteiger charge is -2.37. The first-order valence-corrected chi connectivity index (χ1v) is 9.90. The summed E-state index contributed by atoms with van der Waals surface area (Å²) in [7, 11) is -4.34. The molecule has 0 saturated carbocycles. The van der Waals surface area contributed by atoms with Gasteiger partial charge in [-0.05, 0) is 18.7 Å². The van der Waals surface area contributed by atoms with Gasteiger partial charge in [-0.25, -0.2) is 12.7 Å². The summed E-state index contributed by atoms with van der Waals surface area (Å²) < 4.78 is 66.8. The van der Waals surface area contributed by atoms with Gasteiger partial charge in [-0.3, -0.25) is 4.99 Å². The van der Waals surface area contributed by atoms with Gasteiger partial charge >= 0.3 is 6.18 Å². The molecule has 1 aromatic rings. The van der Waals surface area contributed by atoms with Gasteiger partial charge in [0.1, 0.15) is 0 Å². The molecule has 2 aliphatic rings. The van der Waals surface area contributed by atoms with E-state index >= 15 is 0 Å². The summed E-state index contributed by atoms with van der Waals surface area (Å²) in [5.74, 6) is 0.248. The molecule has 0 N–H and O–H groups in total. The lowest BCUT2D eigenvalue weighted by atomic mass is 10.2. The van der Waals surface area contributed by atoms with Gasteiger partial charge in [0.2, 0.25) is 5.96 Å². The van der Waals surface area contributed by atoms with Gasteiger partial charge < -0.3 is 9.80 Å². The topological polar surface area (TPSA) is 56.2 Å². The molecule has 1 aromatic carbocycles. The molecule has 1 saturated heterocycles. The van der Waals surface area contributed by atoms with Crippen molar-refractivity contribution in [3.63, 3.8) is 0 Å². The van der Waals surface area contributed by atoms with Crippen LogP contribution in [0, 0.1) is 0 Å². The summed E-state index contributed by atoms with van der Waals surface area (Å²) in [6, 6.07) is 4.28. The van der Waals surface area contributed by atoms with Gasteiger partial charge in [0.05, 0.1) is 23.5 Å². The summed E-state index contributed by atoms with van der Waals surface area (Å²) in [6.45, 7) is 5.98. The molecule has 10 heteroatoms. The van der Waals surface area contributed by atoms with Gasteiger partial charge in [0, 0.05) is 26.2 Å². The molecule has 26 heavy (non-hydrogen) atoms. The Bertz CT molecular complexity index is 787. The molecule has 144 valence electrons. The van der Waals surface area contributed by atoms with E-state index in [0.717, 1.165) is 36.1 Å². The zero-order valence-corrected chi connectivity index (χ0v) is 15.2. The number of guanidine groups is 1. The number of likely N-dealkylation sites (N-methyl/N-ethyl adjacent to an activating group) is 1. The smallest absolute Gasteiger partial charge is 0.339 e. The summed E-state index contributed by atoms with van der Waals surface area (Å²) in [4.78, 5) is 7.60. The van der Waals surface area contributed by atoms with Gasteiger partial charge in [-0.2, -0.15) is 13.2 Å². The van der Waals surface area contributed by atoms with Crippen molar-refractivity contribution in [1.29, 1.82) is 0 Å². The molecule has 0 radical (unpaired) electrons. The van der Waals surface area contributed by atoms with Crippen LogP contribution < -0.4 is 0 Å². The van der Waals surface area contributed by atoms with Crippen molar-refractivity contribution in [2.45, 2.75) is 18.0 Å². The van der Waals surface area contributed by atoms with Crippen LogP contribution in [0.3, 0.4) is 0 Å². The fourth-order valence-electron chi connectivity index (χ4n) is 3.21. The van der Waals surface area contributed by atoms with E-state index in [1.807, 2.05) is 11.8 Å². The Morgan fingerprint density at radius 2 is 1.73 bits per heavy atom. The Balaban J connectivity index is 1.90. The Morgan fingerprint density at radius 3 is 2.35 bits per heavy atom. The van der Waals surface area contributed by atoms with E-state index in [1.54, 1.807) is 0 Å². The van der Waals surface area contributed by atoms with Crippen LogP contribution in [0.4, 0.5) is 13.2 Å². The molecular formula is C16H21F3N4O2S. The van der Waals surface area contributed by atoms with Gasteiger partial charge in [0.25, 0.3) is 10.0 Å². The summed E-state index contributed by atoms with van der Waals surface area (Å²) in [5, 5.41) is 0. The minimum atomic E-state index is -4.74. The number of hydrogen-bond donors (Lipinski definition) is 0. The Labute approximate surface area is 151 Å². The molecule has 0 aliphatic carbocycles. The third-order valence-electron chi connectivity index (χ3n) is 4.64. The largest absolute Gasteiger partial charge is 0.417 e. The summed E-state index contributed by atoms with van der Waals surface area (Å²) in [5.41, 5.74) is -1.15. The molecule has 2 heterocycles. The molecule has 0 atom stereocenters. The Kier molecular flexibility index (Phi) is 5.16. The van der Waals surface area contributed by atoms with Crippen LogP contribution in [0.2, 0.25) is 0 Å². The highest BCUT2D eigenvalue weighted by Gasteiger charge is 2.41. The lowest BCUT2D eigenvalue weighted by molar-refractivity contribution is -0.139. The zero-order valence-electron chi connectivity index (χ0n) is 14.4. The van der Waals surface area contributed by atoms with Crippen LogP contribution in [-0.4, -0.2) is 74.3 Å². The molecular weight excluding hydrogens is 369 g/mol. The molecule has 0 amide bonds. The Morgan fingerprint density at radius 1 is 1.08 bits per heavy atom. The fourth-order valence-corrected chi connectivity index (χ4v) is 4.87. The molecule has 0 unspecified atom stereocenters. The number of benzene rings is 1. The number of hydrogen-bond acceptors (Lipinski definition) is 5. The van der Waals surface area contributed by atoms with Crippen LogP contribution in [0.25, 0.3) is 0 Å². The van der Waals surface area contributed by atoms with Crippen molar-refractivity contribution >= 4 is 16.0 Å². The van der Waals surface area contributed by atoms with Crippen molar-refractivity contribution in [1.82, 2.24) is 14.1 Å². The number of nitrogens with zero attached hydrogens (tertiary/aromatic N) is 4. The first kappa shape index (κ1) is 19.0. The third kappa shape index (κ3) is 3.52. The van der Waals surface area contributed by atoms with Crippen molar-refractivity contribution in [2.24, 2.45) is 4.99 Å². The monoisotopic (exact) mass is 390 g/mol.